The van der Waals surface area contributed by atoms with Gasteiger partial charge < -0.3 is 4.90 Å². The summed E-state index contributed by atoms with van der Waals surface area (Å²) in [7, 11) is 0. The lowest BCUT2D eigenvalue weighted by atomic mass is 10.00. The molecule has 0 radical (unpaired) electrons. The van der Waals surface area contributed by atoms with Crippen LogP contribution in [0.3, 0.4) is 0 Å². The van der Waals surface area contributed by atoms with Crippen molar-refractivity contribution in [1.29, 1.82) is 0 Å². The number of hydrazone groups is 1. The number of aliphatic imine (C=N–C) groups is 1. The van der Waals surface area contributed by atoms with Crippen LogP contribution in [-0.2, 0) is 4.79 Å². The van der Waals surface area contributed by atoms with E-state index >= 15 is 0 Å². The topological polar surface area (TPSA) is 57.1 Å². The molecule has 2 aromatic carbocycles. The Kier molecular flexibility index (Phi) is 3.77. The van der Waals surface area contributed by atoms with Crippen molar-refractivity contribution in [3.8, 4) is 0 Å². The predicted molar refractivity (Wildman–Crippen MR) is 95.9 cm³/mol. The molecule has 1 unspecified atom stereocenters. The Morgan fingerprint density at radius 2 is 2.04 bits per heavy atom. The molecule has 4 rings (SSSR count). The Labute approximate surface area is 148 Å². The summed E-state index contributed by atoms with van der Waals surface area (Å²) in [4.78, 5) is 18.3. The van der Waals surface area contributed by atoms with Gasteiger partial charge in [-0.3, -0.25) is 9.79 Å². The highest BCUT2D eigenvalue weighted by atomic mass is 35.5. The van der Waals surface area contributed by atoms with E-state index in [0.717, 1.165) is 0 Å². The Morgan fingerprint density at radius 3 is 2.84 bits per heavy atom. The summed E-state index contributed by atoms with van der Waals surface area (Å²) >= 11 is 6.36. The average molecular weight is 357 g/mol. The zero-order chi connectivity index (χ0) is 17.6. The molecule has 0 aromatic heterocycles. The number of rotatable bonds is 1. The largest absolute Gasteiger partial charge is 0.316 e. The standard InChI is InChI=1S/C18H14ClFN4O/c1-10-18-23-22-16(25)9-24(18)15-7-6-11(20)8-13(15)17(21-10)12-4-2-3-5-14(12)19/h2-8,10H,9H2,1H3,(H,22,25). The molecule has 7 heteroatoms. The quantitative estimate of drug-likeness (QED) is 0.854. The molecule has 2 heterocycles. The minimum Gasteiger partial charge on any atom is -0.316 e. The summed E-state index contributed by atoms with van der Waals surface area (Å²) in [5, 5.41) is 4.68. The van der Waals surface area contributed by atoms with Gasteiger partial charge in [0.05, 0.1) is 11.4 Å². The van der Waals surface area contributed by atoms with E-state index in [1.54, 1.807) is 17.0 Å². The van der Waals surface area contributed by atoms with Crippen molar-refractivity contribution in [1.82, 2.24) is 5.43 Å². The van der Waals surface area contributed by atoms with Crippen LogP contribution in [0.4, 0.5) is 10.1 Å². The van der Waals surface area contributed by atoms with Crippen molar-refractivity contribution in [2.45, 2.75) is 13.0 Å². The van der Waals surface area contributed by atoms with Crippen LogP contribution in [0, 0.1) is 5.82 Å². The maximum Gasteiger partial charge on any atom is 0.260 e. The molecule has 1 atom stereocenters. The monoisotopic (exact) mass is 356 g/mol. The third-order valence-electron chi connectivity index (χ3n) is 4.20. The first-order chi connectivity index (χ1) is 12.0. The second kappa shape index (κ2) is 5.97. The molecule has 0 saturated heterocycles. The predicted octanol–water partition coefficient (Wildman–Crippen LogP) is 2.97. The molecule has 0 fully saturated rings. The van der Waals surface area contributed by atoms with Gasteiger partial charge >= 0.3 is 0 Å². The summed E-state index contributed by atoms with van der Waals surface area (Å²) < 4.78 is 14.0. The molecule has 0 saturated carbocycles. The van der Waals surface area contributed by atoms with Gasteiger partial charge in [0.2, 0.25) is 0 Å². The summed E-state index contributed by atoms with van der Waals surface area (Å²) in [6.45, 7) is 1.98. The van der Waals surface area contributed by atoms with Gasteiger partial charge in [-0.2, -0.15) is 5.10 Å². The molecule has 126 valence electrons. The molecule has 2 aromatic rings. The van der Waals surface area contributed by atoms with Crippen molar-refractivity contribution >= 4 is 34.7 Å². The Balaban J connectivity index is 1.99. The minimum absolute atomic E-state index is 0.104. The van der Waals surface area contributed by atoms with Crippen LogP contribution < -0.4 is 10.3 Å². The fraction of sp³-hybridized carbons (Fsp3) is 0.167. The lowest BCUT2D eigenvalue weighted by Crippen LogP contribution is -2.48. The van der Waals surface area contributed by atoms with E-state index in [1.165, 1.54) is 12.1 Å². The first kappa shape index (κ1) is 15.8. The fourth-order valence-corrected chi connectivity index (χ4v) is 3.31. The highest BCUT2D eigenvalue weighted by molar-refractivity contribution is 6.36. The normalized spacial score (nSPS) is 19.2. The molecule has 2 aliphatic rings. The molecular weight excluding hydrogens is 343 g/mol. The van der Waals surface area contributed by atoms with Crippen LogP contribution in [-0.4, -0.2) is 30.0 Å². The van der Waals surface area contributed by atoms with E-state index in [-0.39, 0.29) is 24.3 Å². The number of amidine groups is 1. The van der Waals surface area contributed by atoms with Gasteiger partial charge in [0.15, 0.2) is 5.84 Å². The molecule has 5 nitrogen and oxygen atoms in total. The summed E-state index contributed by atoms with van der Waals surface area (Å²) in [5.74, 6) is -0.00469. The molecule has 1 amide bonds. The van der Waals surface area contributed by atoms with Crippen molar-refractivity contribution in [2.24, 2.45) is 10.1 Å². The summed E-state index contributed by atoms with van der Waals surface area (Å²) in [6.07, 6.45) is 0. The number of nitrogens with zero attached hydrogens (tertiary/aromatic N) is 3. The molecular formula is C18H14ClFN4O. The summed E-state index contributed by atoms with van der Waals surface area (Å²) in [5.41, 5.74) is 5.04. The number of carbonyl (C=O) groups excluding carboxylic acids is 1. The highest BCUT2D eigenvalue weighted by Crippen LogP contribution is 2.32. The van der Waals surface area contributed by atoms with Crippen molar-refractivity contribution in [3.05, 3.63) is 64.4 Å². The van der Waals surface area contributed by atoms with Crippen LogP contribution in [0.1, 0.15) is 18.1 Å². The molecule has 2 aliphatic heterocycles. The third-order valence-corrected chi connectivity index (χ3v) is 4.53. The number of benzene rings is 2. The number of halogens is 2. The average Bonchev–Trinajstić information content (AvgIpc) is 2.70. The van der Waals surface area contributed by atoms with Crippen molar-refractivity contribution in [2.75, 3.05) is 11.4 Å². The summed E-state index contributed by atoms with van der Waals surface area (Å²) in [6, 6.07) is 11.4. The Bertz CT molecular complexity index is 940. The number of hydrogen-bond acceptors (Lipinski definition) is 4. The molecule has 0 spiro atoms. The maximum absolute atomic E-state index is 14.0. The van der Waals surface area contributed by atoms with E-state index in [9.17, 15) is 9.18 Å². The number of hydrogen-bond donors (Lipinski definition) is 1. The van der Waals surface area contributed by atoms with Crippen LogP contribution >= 0.6 is 11.6 Å². The third kappa shape index (κ3) is 2.68. The van der Waals surface area contributed by atoms with E-state index in [2.05, 4.69) is 10.5 Å². The maximum atomic E-state index is 14.0. The molecule has 0 bridgehead atoms. The molecule has 25 heavy (non-hydrogen) atoms. The van der Waals surface area contributed by atoms with Gasteiger partial charge in [-0.25, -0.2) is 9.82 Å². The SMILES string of the molecule is CC1N=C(c2ccccc2Cl)c2cc(F)ccc2N2CC(=O)NN=C12. The zero-order valence-corrected chi connectivity index (χ0v) is 14.1. The minimum atomic E-state index is -0.381. The second-order valence-electron chi connectivity index (χ2n) is 5.89. The lowest BCUT2D eigenvalue weighted by Gasteiger charge is -2.29. The smallest absolute Gasteiger partial charge is 0.260 e. The van der Waals surface area contributed by atoms with Crippen molar-refractivity contribution in [3.63, 3.8) is 0 Å². The van der Waals surface area contributed by atoms with Crippen LogP contribution in [0.25, 0.3) is 0 Å². The van der Waals surface area contributed by atoms with Gasteiger partial charge in [0.25, 0.3) is 5.91 Å². The first-order valence-corrected chi connectivity index (χ1v) is 8.19. The Morgan fingerprint density at radius 1 is 1.24 bits per heavy atom. The zero-order valence-electron chi connectivity index (χ0n) is 13.3. The number of carbonyl (C=O) groups is 1. The lowest BCUT2D eigenvalue weighted by molar-refractivity contribution is -0.119. The van der Waals surface area contributed by atoms with Crippen molar-refractivity contribution < 1.29 is 9.18 Å². The second-order valence-corrected chi connectivity index (χ2v) is 6.29. The number of amides is 1. The van der Waals surface area contributed by atoms with E-state index in [1.807, 2.05) is 25.1 Å². The fourth-order valence-electron chi connectivity index (χ4n) is 3.09. The number of fused-ring (bicyclic) bond motifs is 3. The Hall–Kier alpha value is -2.73. The van der Waals surface area contributed by atoms with Gasteiger partial charge in [0.1, 0.15) is 18.4 Å². The van der Waals surface area contributed by atoms with Crippen LogP contribution in [0.5, 0.6) is 0 Å². The molecule has 0 aliphatic carbocycles. The van der Waals surface area contributed by atoms with Gasteiger partial charge in [-0.1, -0.05) is 29.8 Å². The number of nitrogens with one attached hydrogen (secondary N) is 1. The number of anilines is 1. The van der Waals surface area contributed by atoms with Gasteiger partial charge in [0, 0.05) is 16.1 Å². The highest BCUT2D eigenvalue weighted by Gasteiger charge is 2.32. The van der Waals surface area contributed by atoms with Gasteiger partial charge in [-0.05, 0) is 31.2 Å². The van der Waals surface area contributed by atoms with E-state index < -0.39 is 0 Å². The van der Waals surface area contributed by atoms with Crippen LogP contribution in [0.15, 0.2) is 52.6 Å². The molecule has 1 N–H and O–H groups in total. The van der Waals surface area contributed by atoms with E-state index in [0.29, 0.717) is 33.4 Å². The van der Waals surface area contributed by atoms with E-state index in [4.69, 9.17) is 16.6 Å². The first-order valence-electron chi connectivity index (χ1n) is 7.81. The van der Waals surface area contributed by atoms with Gasteiger partial charge in [-0.15, -0.1) is 0 Å². The van der Waals surface area contributed by atoms with Crippen LogP contribution in [0.2, 0.25) is 5.02 Å².